The number of rotatable bonds is 4. The molecule has 0 radical (unpaired) electrons. The van der Waals surface area contributed by atoms with Gasteiger partial charge in [0.2, 0.25) is 0 Å². The quantitative estimate of drug-likeness (QED) is 0.342. The smallest absolute Gasteiger partial charge is 0.331 e. The standard InChI is InChI=1S/C22H28O6/c1-14-7-11-21-12-9-17(22(21,13-8-14)27-16(3)23)20(4,28-19(21)26)10-5-6-15(2)18(24)25/h5-7,10,17H,8-9,11-13H2,1-4H3,(H,24,25)/b10-5+,15-6+/t17-,20+,21+,22-/m1/s1. The van der Waals surface area contributed by atoms with Crippen LogP contribution in [0, 0.1) is 11.3 Å². The normalized spacial score (nSPS) is 37.7. The maximum absolute atomic E-state index is 13.3. The summed E-state index contributed by atoms with van der Waals surface area (Å²) in [6.45, 7) is 6.75. The van der Waals surface area contributed by atoms with Crippen molar-refractivity contribution in [3.8, 4) is 0 Å². The fourth-order valence-corrected chi connectivity index (χ4v) is 5.25. The monoisotopic (exact) mass is 388 g/mol. The number of hydrogen-bond donors (Lipinski definition) is 1. The molecule has 4 atom stereocenters. The summed E-state index contributed by atoms with van der Waals surface area (Å²) in [5.74, 6) is -1.91. The molecule has 1 N–H and O–H groups in total. The van der Waals surface area contributed by atoms with Gasteiger partial charge >= 0.3 is 17.9 Å². The highest BCUT2D eigenvalue weighted by Crippen LogP contribution is 2.65. The molecule has 6 heteroatoms. The van der Waals surface area contributed by atoms with Gasteiger partial charge in [-0.3, -0.25) is 9.59 Å². The molecule has 2 aliphatic carbocycles. The van der Waals surface area contributed by atoms with Gasteiger partial charge in [-0.25, -0.2) is 4.79 Å². The Morgan fingerprint density at radius 1 is 1.32 bits per heavy atom. The first-order valence-corrected chi connectivity index (χ1v) is 9.74. The summed E-state index contributed by atoms with van der Waals surface area (Å²) in [7, 11) is 0. The van der Waals surface area contributed by atoms with Crippen molar-refractivity contribution >= 4 is 17.9 Å². The molecule has 28 heavy (non-hydrogen) atoms. The number of carboxylic acid groups (broad SMARTS) is 1. The summed E-state index contributed by atoms with van der Waals surface area (Å²) >= 11 is 0. The molecule has 2 bridgehead atoms. The first-order chi connectivity index (χ1) is 13.1. The van der Waals surface area contributed by atoms with Crippen LogP contribution in [-0.2, 0) is 23.9 Å². The van der Waals surface area contributed by atoms with Gasteiger partial charge in [-0.2, -0.15) is 0 Å². The van der Waals surface area contributed by atoms with E-state index in [1.807, 2.05) is 13.8 Å². The van der Waals surface area contributed by atoms with Crippen LogP contribution in [-0.4, -0.2) is 34.2 Å². The lowest BCUT2D eigenvalue weighted by molar-refractivity contribution is -0.235. The minimum absolute atomic E-state index is 0.185. The van der Waals surface area contributed by atoms with Crippen LogP contribution in [0.4, 0.5) is 0 Å². The summed E-state index contributed by atoms with van der Waals surface area (Å²) in [5.41, 5.74) is -1.35. The Balaban J connectivity index is 2.07. The van der Waals surface area contributed by atoms with Crippen LogP contribution < -0.4 is 0 Å². The van der Waals surface area contributed by atoms with Crippen LogP contribution in [0.15, 0.2) is 35.5 Å². The maximum Gasteiger partial charge on any atom is 0.331 e. The van der Waals surface area contributed by atoms with Gasteiger partial charge in [0.15, 0.2) is 0 Å². The number of carboxylic acids is 1. The number of hydrogen-bond acceptors (Lipinski definition) is 5. The summed E-state index contributed by atoms with van der Waals surface area (Å²) in [4.78, 5) is 36.4. The molecular formula is C22H28O6. The Labute approximate surface area is 165 Å². The van der Waals surface area contributed by atoms with E-state index >= 15 is 0 Å². The molecule has 152 valence electrons. The molecule has 2 fully saturated rings. The lowest BCUT2D eigenvalue weighted by Crippen LogP contribution is -2.65. The molecule has 1 heterocycles. The molecule has 1 aliphatic heterocycles. The molecule has 6 nitrogen and oxygen atoms in total. The van der Waals surface area contributed by atoms with Crippen LogP contribution in [0.25, 0.3) is 0 Å². The molecule has 0 aromatic carbocycles. The van der Waals surface area contributed by atoms with E-state index < -0.39 is 28.6 Å². The molecule has 1 saturated heterocycles. The van der Waals surface area contributed by atoms with E-state index in [2.05, 4.69) is 6.08 Å². The van der Waals surface area contributed by atoms with Crippen molar-refractivity contribution in [2.45, 2.75) is 71.0 Å². The Morgan fingerprint density at radius 3 is 2.68 bits per heavy atom. The third-order valence-electron chi connectivity index (χ3n) is 6.75. The predicted octanol–water partition coefficient (Wildman–Crippen LogP) is 3.72. The second-order valence-electron chi connectivity index (χ2n) is 8.50. The van der Waals surface area contributed by atoms with Crippen molar-refractivity contribution in [3.05, 3.63) is 35.5 Å². The first kappa shape index (κ1) is 20.4. The van der Waals surface area contributed by atoms with E-state index in [1.165, 1.54) is 25.5 Å². The minimum atomic E-state index is -1.00. The second-order valence-corrected chi connectivity index (χ2v) is 8.50. The van der Waals surface area contributed by atoms with Gasteiger partial charge in [0.05, 0.1) is 0 Å². The number of carbonyl (C=O) groups excluding carboxylic acids is 2. The van der Waals surface area contributed by atoms with Crippen LogP contribution in [0.1, 0.15) is 59.8 Å². The molecule has 0 unspecified atom stereocenters. The molecule has 0 aromatic rings. The van der Waals surface area contributed by atoms with Crippen LogP contribution in [0.2, 0.25) is 0 Å². The number of allylic oxidation sites excluding steroid dienone is 4. The van der Waals surface area contributed by atoms with E-state index in [9.17, 15) is 14.4 Å². The highest BCUT2D eigenvalue weighted by molar-refractivity contribution is 5.86. The van der Waals surface area contributed by atoms with E-state index in [-0.39, 0.29) is 17.5 Å². The average Bonchev–Trinajstić information content (AvgIpc) is 2.77. The topological polar surface area (TPSA) is 89.9 Å². The maximum atomic E-state index is 13.3. The molecule has 0 amide bonds. The summed E-state index contributed by atoms with van der Waals surface area (Å²) in [6.07, 6.45) is 10.1. The number of cyclic esters (lactones) is 1. The lowest BCUT2D eigenvalue weighted by Gasteiger charge is -2.54. The minimum Gasteiger partial charge on any atom is -0.478 e. The molecule has 0 aromatic heterocycles. The fourth-order valence-electron chi connectivity index (χ4n) is 5.25. The average molecular weight is 388 g/mol. The SMILES string of the molecule is CC(=O)O[C@@]12CCC(C)=CC[C@@]13CC[C@@H]2[C@](C)(/C=C/C=C(\C)C(=O)O)OC3=O. The number of ether oxygens (including phenoxy) is 2. The van der Waals surface area contributed by atoms with E-state index in [0.29, 0.717) is 25.7 Å². The zero-order valence-electron chi connectivity index (χ0n) is 16.9. The van der Waals surface area contributed by atoms with Crippen molar-refractivity contribution in [3.63, 3.8) is 0 Å². The van der Waals surface area contributed by atoms with Crippen LogP contribution >= 0.6 is 0 Å². The third kappa shape index (κ3) is 2.99. The van der Waals surface area contributed by atoms with Gasteiger partial charge < -0.3 is 14.6 Å². The van der Waals surface area contributed by atoms with Crippen molar-refractivity contribution in [1.29, 1.82) is 0 Å². The molecular weight excluding hydrogens is 360 g/mol. The Hall–Kier alpha value is -2.37. The highest BCUT2D eigenvalue weighted by Gasteiger charge is 2.74. The molecule has 3 rings (SSSR count). The number of aliphatic carboxylic acids is 1. The van der Waals surface area contributed by atoms with Crippen molar-refractivity contribution in [2.24, 2.45) is 11.3 Å². The second kappa shape index (κ2) is 6.90. The van der Waals surface area contributed by atoms with Crippen molar-refractivity contribution in [2.75, 3.05) is 0 Å². The first-order valence-electron chi connectivity index (χ1n) is 9.74. The van der Waals surface area contributed by atoms with Gasteiger partial charge in [-0.1, -0.05) is 23.8 Å². The molecule has 0 spiro atoms. The fraction of sp³-hybridized carbons (Fsp3) is 0.591. The Bertz CT molecular complexity index is 806. The Morgan fingerprint density at radius 2 is 2.04 bits per heavy atom. The highest BCUT2D eigenvalue weighted by atomic mass is 16.6. The van der Waals surface area contributed by atoms with Crippen LogP contribution in [0.5, 0.6) is 0 Å². The largest absolute Gasteiger partial charge is 0.478 e. The third-order valence-corrected chi connectivity index (χ3v) is 6.75. The Kier molecular flexibility index (Phi) is 5.02. The molecule has 3 aliphatic rings. The van der Waals surface area contributed by atoms with Gasteiger partial charge in [-0.15, -0.1) is 0 Å². The van der Waals surface area contributed by atoms with Gasteiger partial charge in [0, 0.05) is 18.4 Å². The zero-order valence-corrected chi connectivity index (χ0v) is 16.9. The van der Waals surface area contributed by atoms with E-state index in [4.69, 9.17) is 14.6 Å². The summed E-state index contributed by atoms with van der Waals surface area (Å²) in [5, 5.41) is 9.03. The van der Waals surface area contributed by atoms with E-state index in [0.717, 1.165) is 6.42 Å². The van der Waals surface area contributed by atoms with E-state index in [1.54, 1.807) is 12.2 Å². The number of esters is 2. The lowest BCUT2D eigenvalue weighted by atomic mass is 9.62. The number of carbonyl (C=O) groups is 3. The zero-order chi connectivity index (χ0) is 20.7. The van der Waals surface area contributed by atoms with Gasteiger partial charge in [0.1, 0.15) is 16.6 Å². The predicted molar refractivity (Wildman–Crippen MR) is 102 cm³/mol. The van der Waals surface area contributed by atoms with Gasteiger partial charge in [-0.05, 0) is 59.0 Å². The van der Waals surface area contributed by atoms with Crippen molar-refractivity contribution < 1.29 is 29.0 Å². The van der Waals surface area contributed by atoms with Crippen LogP contribution in [0.3, 0.4) is 0 Å². The van der Waals surface area contributed by atoms with Crippen molar-refractivity contribution in [1.82, 2.24) is 0 Å². The summed E-state index contributed by atoms with van der Waals surface area (Å²) < 4.78 is 11.9. The summed E-state index contributed by atoms with van der Waals surface area (Å²) in [6, 6.07) is 0. The molecule has 1 saturated carbocycles. The van der Waals surface area contributed by atoms with Gasteiger partial charge in [0.25, 0.3) is 0 Å².